The zero-order chi connectivity index (χ0) is 53.0. The Balaban J connectivity index is 0.990. The zero-order valence-electron chi connectivity index (χ0n) is 46.8. The number of nitrogen functional groups attached to an aromatic ring is 1. The van der Waals surface area contributed by atoms with Crippen molar-refractivity contribution in [3.05, 3.63) is 70.3 Å². The largest absolute Gasteiger partial charge is 0.508 e. The molecule has 2 aromatic carbocycles. The fourth-order valence-corrected chi connectivity index (χ4v) is 23.2. The summed E-state index contributed by atoms with van der Waals surface area (Å²) in [5, 5.41) is 57.0. The smallest absolute Gasteiger partial charge is 0.160 e. The van der Waals surface area contributed by atoms with Gasteiger partial charge in [0.15, 0.2) is 5.78 Å². The highest BCUT2D eigenvalue weighted by atomic mass is 16.6. The summed E-state index contributed by atoms with van der Waals surface area (Å²) in [6.07, 6.45) is 18.6. The summed E-state index contributed by atoms with van der Waals surface area (Å²) in [6.45, 7) is 10.2. The van der Waals surface area contributed by atoms with Crippen molar-refractivity contribution < 1.29 is 34.8 Å². The number of nitrogens with two attached hydrogens (primary N) is 1. The molecule has 7 bridgehead atoms. The van der Waals surface area contributed by atoms with Gasteiger partial charge in [-0.3, -0.25) is 9.59 Å². The maximum atomic E-state index is 16.7. The summed E-state index contributed by atoms with van der Waals surface area (Å²) in [5.74, 6) is 2.55. The first kappa shape index (κ1) is 52.3. The van der Waals surface area contributed by atoms with E-state index in [0.717, 1.165) is 125 Å². The van der Waals surface area contributed by atoms with Crippen LogP contribution >= 0.6 is 0 Å². The van der Waals surface area contributed by atoms with Crippen LogP contribution in [0.25, 0.3) is 0 Å². The second-order valence-electron chi connectivity index (χ2n) is 29.1. The average Bonchev–Trinajstić information content (AvgIpc) is 3.71. The number of ether oxygens (including phenoxy) is 1. The maximum Gasteiger partial charge on any atom is 0.160 e. The SMILES string of the molecule is CNCc1cc(O)cc([C@]23CCC[C@]45CC(=O)C6=C4CC[C@@H]4[C@](C)(C2)[C@H]2[C@H](C[C@@]45[C@H](CO)CC[C@@H]4CCC[C@H]5CC[C@@H]([C@@H](O)[C@H]7O[C@]7(C)[C@@H]7CCC[C@H]7c7cccc(N)c7)[C@H]6[C@@H]54)NC[C@](C)(O)CCCC[C@@]2(C)C3=O)c1. The van der Waals surface area contributed by atoms with Gasteiger partial charge in [0, 0.05) is 48.7 Å². The number of anilines is 1. The van der Waals surface area contributed by atoms with Gasteiger partial charge in [-0.1, -0.05) is 82.6 Å². The van der Waals surface area contributed by atoms with Crippen molar-refractivity contribution in [1.29, 1.82) is 0 Å². The summed E-state index contributed by atoms with van der Waals surface area (Å²) < 4.78 is 6.97. The van der Waals surface area contributed by atoms with E-state index < -0.39 is 44.4 Å². The van der Waals surface area contributed by atoms with Crippen LogP contribution in [0.5, 0.6) is 5.75 Å². The highest BCUT2D eigenvalue weighted by molar-refractivity contribution is 6.01. The third-order valence-electron chi connectivity index (χ3n) is 25.6. The monoisotopic (exact) mass is 1040 g/mol. The van der Waals surface area contributed by atoms with E-state index in [-0.39, 0.29) is 60.0 Å². The lowest BCUT2D eigenvalue weighted by Gasteiger charge is -2.74. The topological polar surface area (TPSA) is 178 Å². The van der Waals surface area contributed by atoms with Gasteiger partial charge >= 0.3 is 0 Å². The molecule has 414 valence electrons. The van der Waals surface area contributed by atoms with Crippen LogP contribution in [0, 0.1) is 74.9 Å². The summed E-state index contributed by atoms with van der Waals surface area (Å²) in [6, 6.07) is 14.3. The van der Waals surface area contributed by atoms with Crippen LogP contribution in [-0.2, 0) is 26.3 Å². The van der Waals surface area contributed by atoms with E-state index in [9.17, 15) is 20.4 Å². The highest BCUT2D eigenvalue weighted by Gasteiger charge is 2.78. The number of β-amino-alcohol motifs (C(OH)–C–C–N with tert-alkyl or cyclic N) is 1. The molecule has 10 heteroatoms. The summed E-state index contributed by atoms with van der Waals surface area (Å²) in [7, 11) is 1.93. The number of Topliss-reactive ketones (excluding diaryl/α,β-unsaturated/α-hetero) is 2. The third kappa shape index (κ3) is 7.43. The van der Waals surface area contributed by atoms with E-state index in [1.54, 1.807) is 0 Å². The molecule has 2 aliphatic heterocycles. The van der Waals surface area contributed by atoms with E-state index in [1.807, 2.05) is 32.2 Å². The first-order valence-electron chi connectivity index (χ1n) is 31.0. The molecule has 9 fully saturated rings. The summed E-state index contributed by atoms with van der Waals surface area (Å²) in [5.41, 5.74) is 8.49. The standard InChI is InChI=1S/C66H93N3O7/c1-60(75)24-6-7-25-61(2)57-50(69-37-60)32-66-42(35-70)20-18-39-12-8-13-40-19-21-47(56(73)58-63(4,76-58)48-17-10-16-46(48)41-14-9-15-44(67)30-41)54(53(39)40)55-49-22-23-52(66)62(57,3)36-64(59(61)74,26-11-27-65(49,66)33-51(55)72)43-28-38(34-68-5)29-45(71)31-43/h9,14-15,28-31,39-40,42,46-48,50,52-54,56-58,68-71,73,75H,6-8,10-13,16-27,32-37,67H2,1-5H3/t39-,40-,42-,46-,47+,48+,50-,52+,53+,54-,56+,57-,58+,60+,61+,62-,63+,64-,65-,66+/m0/s1. The van der Waals surface area contributed by atoms with Gasteiger partial charge in [0.2, 0.25) is 0 Å². The number of phenols is 1. The number of aliphatic hydroxyl groups excluding tert-OH is 2. The van der Waals surface area contributed by atoms with Crippen molar-refractivity contribution in [1.82, 2.24) is 10.6 Å². The molecule has 0 aromatic heterocycles. The van der Waals surface area contributed by atoms with Crippen LogP contribution < -0.4 is 16.4 Å². The maximum absolute atomic E-state index is 16.7. The van der Waals surface area contributed by atoms with Crippen molar-refractivity contribution in [2.24, 2.45) is 74.9 Å². The molecule has 11 aliphatic rings. The van der Waals surface area contributed by atoms with Crippen molar-refractivity contribution in [2.45, 2.75) is 216 Å². The zero-order valence-corrected chi connectivity index (χ0v) is 46.8. The number of phenolic OH excluding ortho intramolecular Hbond substituents is 1. The molecule has 8 N–H and O–H groups in total. The second kappa shape index (κ2) is 18.5. The van der Waals surface area contributed by atoms with Gasteiger partial charge in [-0.25, -0.2) is 0 Å². The van der Waals surface area contributed by atoms with Crippen LogP contribution in [0.2, 0.25) is 0 Å². The van der Waals surface area contributed by atoms with E-state index in [2.05, 4.69) is 55.7 Å². The molecule has 2 spiro atoms. The fraction of sp³-hybridized carbons (Fsp3) is 0.758. The summed E-state index contributed by atoms with van der Waals surface area (Å²) in [4.78, 5) is 33.1. The molecule has 76 heavy (non-hydrogen) atoms. The molecule has 7 saturated carbocycles. The number of ketones is 2. The molecule has 13 rings (SSSR count). The second-order valence-corrected chi connectivity index (χ2v) is 29.1. The minimum Gasteiger partial charge on any atom is -0.508 e. The lowest BCUT2D eigenvalue weighted by atomic mass is 9.30. The van der Waals surface area contributed by atoms with Gasteiger partial charge < -0.3 is 41.5 Å². The molecule has 10 nitrogen and oxygen atoms in total. The molecule has 2 aromatic rings. The van der Waals surface area contributed by atoms with Crippen molar-refractivity contribution in [3.63, 3.8) is 0 Å². The van der Waals surface area contributed by atoms with E-state index in [1.165, 1.54) is 24.0 Å². The van der Waals surface area contributed by atoms with Gasteiger partial charge in [-0.15, -0.1) is 0 Å². The molecule has 0 radical (unpaired) electrons. The number of hydrogen-bond donors (Lipinski definition) is 7. The minimum absolute atomic E-state index is 0.0286. The fourth-order valence-electron chi connectivity index (χ4n) is 23.2. The molecule has 2 heterocycles. The van der Waals surface area contributed by atoms with Crippen LogP contribution in [-0.4, -0.2) is 81.6 Å². The Hall–Kier alpha value is -3.12. The van der Waals surface area contributed by atoms with Gasteiger partial charge in [0.25, 0.3) is 0 Å². The Morgan fingerprint density at radius 1 is 0.868 bits per heavy atom. The Morgan fingerprint density at radius 2 is 1.64 bits per heavy atom. The lowest BCUT2D eigenvalue weighted by Crippen LogP contribution is -2.74. The minimum atomic E-state index is -0.919. The Bertz CT molecular complexity index is 2670. The highest BCUT2D eigenvalue weighted by Crippen LogP contribution is 2.81. The van der Waals surface area contributed by atoms with Crippen LogP contribution in [0.4, 0.5) is 5.69 Å². The van der Waals surface area contributed by atoms with E-state index in [0.29, 0.717) is 74.0 Å². The number of rotatable bonds is 8. The number of aliphatic hydroxyl groups is 3. The number of aromatic hydroxyl groups is 1. The van der Waals surface area contributed by atoms with E-state index >= 15 is 9.59 Å². The molecular formula is C66H93N3O7. The van der Waals surface area contributed by atoms with E-state index in [4.69, 9.17) is 10.5 Å². The van der Waals surface area contributed by atoms with Gasteiger partial charge in [0.05, 0.1) is 22.7 Å². The van der Waals surface area contributed by atoms with Gasteiger partial charge in [-0.2, -0.15) is 0 Å². The Kier molecular flexibility index (Phi) is 12.7. The molecular weight excluding hydrogens is 947 g/mol. The van der Waals surface area contributed by atoms with Crippen LogP contribution in [0.3, 0.4) is 0 Å². The lowest BCUT2D eigenvalue weighted by molar-refractivity contribution is -0.232. The predicted octanol–water partition coefficient (Wildman–Crippen LogP) is 10.6. The molecule has 2 saturated heterocycles. The number of carbonyl (C=O) groups is 2. The predicted molar refractivity (Wildman–Crippen MR) is 296 cm³/mol. The van der Waals surface area contributed by atoms with Gasteiger partial charge in [0.1, 0.15) is 17.6 Å². The average molecular weight is 1040 g/mol. The third-order valence-corrected chi connectivity index (χ3v) is 25.6. The number of fused-ring (bicyclic) bond motifs is 2. The number of allylic oxidation sites excluding steroid dienone is 2. The number of epoxide rings is 1. The van der Waals surface area contributed by atoms with Crippen molar-refractivity contribution in [3.8, 4) is 5.75 Å². The quantitative estimate of drug-likeness (QED) is 0.0995. The normalized spacial score (nSPS) is 48.1. The molecule has 9 aliphatic carbocycles. The number of hydrogen-bond acceptors (Lipinski definition) is 10. The van der Waals surface area contributed by atoms with Crippen molar-refractivity contribution in [2.75, 3.05) is 25.9 Å². The molecule has 20 atom stereocenters. The van der Waals surface area contributed by atoms with Gasteiger partial charge in [-0.05, 0) is 227 Å². The molecule has 0 amide bonds. The number of carbonyl (C=O) groups excluding carboxylic acids is 2. The molecule has 0 unspecified atom stereocenters. The first-order valence-corrected chi connectivity index (χ1v) is 31.0. The van der Waals surface area contributed by atoms with Crippen LogP contribution in [0.1, 0.15) is 192 Å². The van der Waals surface area contributed by atoms with Crippen LogP contribution in [0.15, 0.2) is 53.6 Å². The summed E-state index contributed by atoms with van der Waals surface area (Å²) >= 11 is 0. The Labute approximate surface area is 453 Å². The number of benzene rings is 2. The number of nitrogens with one attached hydrogen (secondary N) is 2. The first-order chi connectivity index (χ1) is 36.4. The Morgan fingerprint density at radius 3 is 2.42 bits per heavy atom. The van der Waals surface area contributed by atoms with Crippen molar-refractivity contribution >= 4 is 17.3 Å².